The Balaban J connectivity index is 1.87. The Morgan fingerprint density at radius 1 is 1.10 bits per heavy atom. The summed E-state index contributed by atoms with van der Waals surface area (Å²) < 4.78 is 0. The first-order valence-corrected chi connectivity index (χ1v) is 8.57. The Kier molecular flexibility index (Phi) is 3.60. The summed E-state index contributed by atoms with van der Waals surface area (Å²) in [5.41, 5.74) is -0.159. The Bertz CT molecular complexity index is 386. The second kappa shape index (κ2) is 5.01. The van der Waals surface area contributed by atoms with Crippen LogP contribution in [-0.2, 0) is 4.79 Å². The smallest absolute Gasteiger partial charge is 0.244 e. The fourth-order valence-electron chi connectivity index (χ4n) is 4.38. The molecule has 1 aliphatic heterocycles. The minimum Gasteiger partial charge on any atom is -0.322 e. The molecule has 1 N–H and O–H groups in total. The Morgan fingerprint density at radius 2 is 1.75 bits per heavy atom. The number of nitrogens with zero attached hydrogens (tertiary/aromatic N) is 1. The molecule has 3 nitrogen and oxygen atoms in total. The highest BCUT2D eigenvalue weighted by molar-refractivity contribution is 5.92. The second-order valence-corrected chi connectivity index (χ2v) is 7.89. The van der Waals surface area contributed by atoms with Crippen molar-refractivity contribution in [3.05, 3.63) is 0 Å². The maximum atomic E-state index is 12.9. The van der Waals surface area contributed by atoms with Gasteiger partial charge in [-0.1, -0.05) is 40.5 Å². The predicted octanol–water partition coefficient (Wildman–Crippen LogP) is 3.15. The van der Waals surface area contributed by atoms with E-state index in [0.29, 0.717) is 29.7 Å². The molecule has 3 rings (SSSR count). The zero-order valence-corrected chi connectivity index (χ0v) is 13.5. The van der Waals surface area contributed by atoms with Gasteiger partial charge in [0.2, 0.25) is 5.91 Å². The van der Waals surface area contributed by atoms with Crippen LogP contribution in [0, 0.1) is 17.8 Å². The third-order valence-corrected chi connectivity index (χ3v) is 5.74. The lowest BCUT2D eigenvalue weighted by Gasteiger charge is -2.43. The minimum absolute atomic E-state index is 0.159. The van der Waals surface area contributed by atoms with Crippen LogP contribution >= 0.6 is 0 Å². The van der Waals surface area contributed by atoms with E-state index in [2.05, 4.69) is 37.9 Å². The summed E-state index contributed by atoms with van der Waals surface area (Å²) in [6.07, 6.45) is 7.48. The van der Waals surface area contributed by atoms with Crippen molar-refractivity contribution in [1.82, 2.24) is 10.2 Å². The Morgan fingerprint density at radius 3 is 2.30 bits per heavy atom. The second-order valence-electron chi connectivity index (χ2n) is 7.89. The largest absolute Gasteiger partial charge is 0.322 e. The van der Waals surface area contributed by atoms with Crippen molar-refractivity contribution in [3.8, 4) is 0 Å². The summed E-state index contributed by atoms with van der Waals surface area (Å²) in [6.45, 7) is 9.14. The van der Waals surface area contributed by atoms with Gasteiger partial charge in [0.25, 0.3) is 0 Å². The minimum atomic E-state index is -0.159. The van der Waals surface area contributed by atoms with Crippen LogP contribution in [0.4, 0.5) is 0 Å². The highest BCUT2D eigenvalue weighted by Crippen LogP contribution is 2.46. The topological polar surface area (TPSA) is 32.3 Å². The molecule has 20 heavy (non-hydrogen) atoms. The average Bonchev–Trinajstić information content (AvgIpc) is 3.12. The fraction of sp³-hybridized carbons (Fsp3) is 0.941. The quantitative estimate of drug-likeness (QED) is 0.860. The van der Waals surface area contributed by atoms with Crippen molar-refractivity contribution >= 4 is 5.91 Å². The third kappa shape index (κ3) is 2.18. The van der Waals surface area contributed by atoms with E-state index in [1.807, 2.05) is 0 Å². The molecule has 1 spiro atoms. The maximum Gasteiger partial charge on any atom is 0.244 e. The Labute approximate surface area is 123 Å². The van der Waals surface area contributed by atoms with E-state index < -0.39 is 0 Å². The summed E-state index contributed by atoms with van der Waals surface area (Å²) >= 11 is 0. The average molecular weight is 278 g/mol. The van der Waals surface area contributed by atoms with E-state index in [-0.39, 0.29) is 11.7 Å². The SMILES string of the molecule is CC(C)C1CCCCC1N1C(=O)C2(CC2)NC1C(C)C. The zero-order valence-electron chi connectivity index (χ0n) is 13.5. The molecule has 114 valence electrons. The molecule has 3 aliphatic rings. The van der Waals surface area contributed by atoms with E-state index in [0.717, 1.165) is 12.8 Å². The van der Waals surface area contributed by atoms with Crippen LogP contribution < -0.4 is 5.32 Å². The van der Waals surface area contributed by atoms with Crippen molar-refractivity contribution in [1.29, 1.82) is 0 Å². The standard InChI is InChI=1S/C17H30N2O/c1-11(2)13-7-5-6-8-14(13)19-15(12(3)4)18-17(9-10-17)16(19)20/h11-15,18H,5-10H2,1-4H3. The maximum absolute atomic E-state index is 12.9. The molecule has 0 aromatic rings. The van der Waals surface area contributed by atoms with E-state index in [9.17, 15) is 4.79 Å². The van der Waals surface area contributed by atoms with Gasteiger partial charge in [0.1, 0.15) is 0 Å². The molecule has 0 radical (unpaired) electrons. The van der Waals surface area contributed by atoms with Crippen LogP contribution in [0.25, 0.3) is 0 Å². The molecule has 3 atom stereocenters. The molecule has 1 amide bonds. The van der Waals surface area contributed by atoms with Crippen LogP contribution in [0.2, 0.25) is 0 Å². The number of amides is 1. The molecule has 0 aromatic heterocycles. The molecule has 1 heterocycles. The first-order chi connectivity index (χ1) is 9.46. The lowest BCUT2D eigenvalue weighted by Crippen LogP contribution is -2.52. The van der Waals surface area contributed by atoms with Gasteiger partial charge in [-0.15, -0.1) is 0 Å². The summed E-state index contributed by atoms with van der Waals surface area (Å²) in [5, 5.41) is 3.67. The molecule has 0 aromatic carbocycles. The van der Waals surface area contributed by atoms with Crippen molar-refractivity contribution in [2.45, 2.75) is 84.0 Å². The predicted molar refractivity (Wildman–Crippen MR) is 81.2 cm³/mol. The van der Waals surface area contributed by atoms with Gasteiger partial charge >= 0.3 is 0 Å². The monoisotopic (exact) mass is 278 g/mol. The van der Waals surface area contributed by atoms with Gasteiger partial charge in [-0.2, -0.15) is 0 Å². The van der Waals surface area contributed by atoms with Crippen LogP contribution in [0.3, 0.4) is 0 Å². The van der Waals surface area contributed by atoms with Gasteiger partial charge in [-0.3, -0.25) is 10.1 Å². The van der Waals surface area contributed by atoms with Gasteiger partial charge in [-0.25, -0.2) is 0 Å². The van der Waals surface area contributed by atoms with Crippen molar-refractivity contribution in [2.24, 2.45) is 17.8 Å². The summed E-state index contributed by atoms with van der Waals surface area (Å²) in [4.78, 5) is 15.2. The number of hydrogen-bond acceptors (Lipinski definition) is 2. The summed E-state index contributed by atoms with van der Waals surface area (Å²) in [7, 11) is 0. The number of rotatable bonds is 3. The van der Waals surface area contributed by atoms with Crippen LogP contribution in [-0.4, -0.2) is 28.6 Å². The van der Waals surface area contributed by atoms with Gasteiger partial charge in [0.15, 0.2) is 0 Å². The highest BCUT2D eigenvalue weighted by atomic mass is 16.2. The third-order valence-electron chi connectivity index (χ3n) is 5.74. The number of carbonyl (C=O) groups is 1. The van der Waals surface area contributed by atoms with Crippen LogP contribution in [0.1, 0.15) is 66.2 Å². The number of hydrogen-bond donors (Lipinski definition) is 1. The molecular weight excluding hydrogens is 248 g/mol. The molecule has 3 heteroatoms. The lowest BCUT2D eigenvalue weighted by atomic mass is 9.76. The van der Waals surface area contributed by atoms with E-state index in [1.165, 1.54) is 25.7 Å². The highest BCUT2D eigenvalue weighted by Gasteiger charge is 2.61. The first kappa shape index (κ1) is 14.4. The van der Waals surface area contributed by atoms with Crippen LogP contribution in [0.15, 0.2) is 0 Å². The van der Waals surface area contributed by atoms with E-state index >= 15 is 0 Å². The van der Waals surface area contributed by atoms with E-state index in [1.54, 1.807) is 0 Å². The van der Waals surface area contributed by atoms with Gasteiger partial charge in [0, 0.05) is 6.04 Å². The normalized spacial score (nSPS) is 36.4. The molecule has 1 saturated heterocycles. The Hall–Kier alpha value is -0.570. The van der Waals surface area contributed by atoms with Gasteiger partial charge in [-0.05, 0) is 43.4 Å². The summed E-state index contributed by atoms with van der Waals surface area (Å²) in [5.74, 6) is 2.27. The first-order valence-electron chi connectivity index (χ1n) is 8.57. The summed E-state index contributed by atoms with van der Waals surface area (Å²) in [6, 6.07) is 0.469. The fourth-order valence-corrected chi connectivity index (χ4v) is 4.38. The molecular formula is C17H30N2O. The molecule has 3 unspecified atom stereocenters. The van der Waals surface area contributed by atoms with E-state index in [4.69, 9.17) is 0 Å². The lowest BCUT2D eigenvalue weighted by molar-refractivity contribution is -0.136. The number of nitrogens with one attached hydrogen (secondary N) is 1. The molecule has 3 fully saturated rings. The van der Waals surface area contributed by atoms with Gasteiger partial charge in [0.05, 0.1) is 11.7 Å². The van der Waals surface area contributed by atoms with Gasteiger partial charge < -0.3 is 4.90 Å². The van der Waals surface area contributed by atoms with Crippen molar-refractivity contribution < 1.29 is 4.79 Å². The molecule has 2 aliphatic carbocycles. The van der Waals surface area contributed by atoms with Crippen molar-refractivity contribution in [3.63, 3.8) is 0 Å². The van der Waals surface area contributed by atoms with Crippen LogP contribution in [0.5, 0.6) is 0 Å². The zero-order chi connectivity index (χ0) is 14.5. The number of carbonyl (C=O) groups excluding carboxylic acids is 1. The van der Waals surface area contributed by atoms with Crippen molar-refractivity contribution in [2.75, 3.05) is 0 Å². The molecule has 2 saturated carbocycles. The molecule has 0 bridgehead atoms.